The Bertz CT molecular complexity index is 463. The molecule has 21 heavy (non-hydrogen) atoms. The third-order valence-corrected chi connectivity index (χ3v) is 2.11. The average Bonchev–Trinajstić information content (AvgIpc) is 2.41. The van der Waals surface area contributed by atoms with Crippen LogP contribution in [0.25, 0.3) is 0 Å². The Morgan fingerprint density at radius 3 is 2.71 bits per heavy atom. The number of aliphatic imine (C=N–C) groups is 1. The first kappa shape index (κ1) is 19.5. The number of nitrogens with two attached hydrogens (primary N) is 1. The number of nitrogens with one attached hydrogen (secondary N) is 1. The molecule has 0 radical (unpaired) electrons. The lowest BCUT2D eigenvalue weighted by Gasteiger charge is -2.07. The number of rotatable bonds is 6. The van der Waals surface area contributed by atoms with Gasteiger partial charge in [0.05, 0.1) is 12.1 Å². The van der Waals surface area contributed by atoms with Gasteiger partial charge < -0.3 is 15.8 Å². The molecule has 0 spiro atoms. The molecule has 5 nitrogen and oxygen atoms in total. The van der Waals surface area contributed by atoms with Crippen LogP contribution in [0.1, 0.15) is 5.56 Å². The van der Waals surface area contributed by atoms with E-state index in [2.05, 4.69) is 21.9 Å². The number of hydrogen-bond acceptors (Lipinski definition) is 3. The van der Waals surface area contributed by atoms with Crippen LogP contribution in [-0.4, -0.2) is 30.6 Å². The standard InChI is InChI=1S/C12H15F3N4O.HI/c1-2-5-17-11(16)18-6-7-20-10-4-3-9(8-19-10)12(13,14)15;/h2-4,8H,1,5-7H2,(H3,16,17,18);1H. The zero-order valence-electron chi connectivity index (χ0n) is 11.1. The molecule has 0 saturated heterocycles. The van der Waals surface area contributed by atoms with Gasteiger partial charge in [-0.25, -0.2) is 9.98 Å². The van der Waals surface area contributed by atoms with Gasteiger partial charge in [0.15, 0.2) is 5.96 Å². The van der Waals surface area contributed by atoms with E-state index < -0.39 is 11.7 Å². The largest absolute Gasteiger partial charge is 0.476 e. The molecule has 1 aromatic heterocycles. The predicted molar refractivity (Wildman–Crippen MR) is 84.8 cm³/mol. The summed E-state index contributed by atoms with van der Waals surface area (Å²) < 4.78 is 42.0. The lowest BCUT2D eigenvalue weighted by molar-refractivity contribution is -0.137. The van der Waals surface area contributed by atoms with Crippen molar-refractivity contribution < 1.29 is 17.9 Å². The van der Waals surface area contributed by atoms with E-state index in [1.165, 1.54) is 0 Å². The molecular formula is C12H16F3IN4O. The van der Waals surface area contributed by atoms with E-state index in [0.29, 0.717) is 6.54 Å². The Morgan fingerprint density at radius 1 is 1.48 bits per heavy atom. The van der Waals surface area contributed by atoms with E-state index in [-0.39, 0.29) is 49.0 Å². The number of hydrogen-bond donors (Lipinski definition) is 2. The minimum atomic E-state index is -4.40. The van der Waals surface area contributed by atoms with Crippen LogP contribution in [0.5, 0.6) is 5.88 Å². The topological polar surface area (TPSA) is 72.5 Å². The smallest absolute Gasteiger partial charge is 0.417 e. The van der Waals surface area contributed by atoms with Gasteiger partial charge in [-0.2, -0.15) is 13.2 Å². The van der Waals surface area contributed by atoms with E-state index in [4.69, 9.17) is 10.5 Å². The fraction of sp³-hybridized carbons (Fsp3) is 0.333. The summed E-state index contributed by atoms with van der Waals surface area (Å²) in [7, 11) is 0. The lowest BCUT2D eigenvalue weighted by atomic mass is 10.3. The molecule has 118 valence electrons. The molecule has 0 unspecified atom stereocenters. The van der Waals surface area contributed by atoms with Crippen LogP contribution in [-0.2, 0) is 6.18 Å². The first-order chi connectivity index (χ1) is 9.43. The normalized spacial score (nSPS) is 11.5. The van der Waals surface area contributed by atoms with Crippen LogP contribution in [0.15, 0.2) is 36.0 Å². The summed E-state index contributed by atoms with van der Waals surface area (Å²) in [5, 5.41) is 2.77. The van der Waals surface area contributed by atoms with Crippen LogP contribution in [0.4, 0.5) is 13.2 Å². The molecule has 0 saturated carbocycles. The van der Waals surface area contributed by atoms with Crippen molar-refractivity contribution in [3.8, 4) is 5.88 Å². The van der Waals surface area contributed by atoms with E-state index in [1.807, 2.05) is 0 Å². The maximum absolute atomic E-state index is 12.3. The summed E-state index contributed by atoms with van der Waals surface area (Å²) in [6, 6.07) is 2.07. The van der Waals surface area contributed by atoms with Gasteiger partial charge in [0.25, 0.3) is 0 Å². The highest BCUT2D eigenvalue weighted by Crippen LogP contribution is 2.29. The maximum atomic E-state index is 12.3. The van der Waals surface area contributed by atoms with Crippen molar-refractivity contribution in [3.05, 3.63) is 36.5 Å². The summed E-state index contributed by atoms with van der Waals surface area (Å²) in [4.78, 5) is 7.50. The van der Waals surface area contributed by atoms with E-state index in [9.17, 15) is 13.2 Å². The molecule has 9 heteroatoms. The highest BCUT2D eigenvalue weighted by atomic mass is 127. The van der Waals surface area contributed by atoms with Gasteiger partial charge >= 0.3 is 6.18 Å². The maximum Gasteiger partial charge on any atom is 0.417 e. The molecule has 3 N–H and O–H groups in total. The number of alkyl halides is 3. The number of halogens is 4. The Hall–Kier alpha value is -1.52. The third kappa shape index (κ3) is 7.73. The SMILES string of the molecule is C=CCNC(N)=NCCOc1ccc(C(F)(F)F)cn1.I. The van der Waals surface area contributed by atoms with Crippen molar-refractivity contribution in [2.24, 2.45) is 10.7 Å². The highest BCUT2D eigenvalue weighted by Gasteiger charge is 2.30. The number of aromatic nitrogens is 1. The van der Waals surface area contributed by atoms with E-state index in [0.717, 1.165) is 18.3 Å². The van der Waals surface area contributed by atoms with Crippen molar-refractivity contribution in [2.75, 3.05) is 19.7 Å². The molecule has 0 aliphatic heterocycles. The van der Waals surface area contributed by atoms with Crippen molar-refractivity contribution in [1.82, 2.24) is 10.3 Å². The third-order valence-electron chi connectivity index (χ3n) is 2.11. The van der Waals surface area contributed by atoms with Crippen LogP contribution < -0.4 is 15.8 Å². The molecule has 1 heterocycles. The molecule has 0 amide bonds. The lowest BCUT2D eigenvalue weighted by Crippen LogP contribution is -2.32. The fourth-order valence-electron chi connectivity index (χ4n) is 1.18. The first-order valence-corrected chi connectivity index (χ1v) is 5.74. The molecule has 0 aliphatic rings. The molecule has 0 aliphatic carbocycles. The first-order valence-electron chi connectivity index (χ1n) is 5.74. The number of guanidine groups is 1. The van der Waals surface area contributed by atoms with Gasteiger partial charge in [-0.05, 0) is 6.07 Å². The summed E-state index contributed by atoms with van der Waals surface area (Å²) in [5.74, 6) is 0.347. The molecule has 0 fully saturated rings. The van der Waals surface area contributed by atoms with Crippen LogP contribution >= 0.6 is 24.0 Å². The van der Waals surface area contributed by atoms with Crippen LogP contribution in [0.3, 0.4) is 0 Å². The van der Waals surface area contributed by atoms with Crippen LogP contribution in [0, 0.1) is 0 Å². The van der Waals surface area contributed by atoms with Crippen molar-refractivity contribution in [2.45, 2.75) is 6.18 Å². The summed E-state index contributed by atoms with van der Waals surface area (Å²) in [6.07, 6.45) is -2.05. The minimum absolute atomic E-state index is 0. The molecule has 0 bridgehead atoms. The zero-order chi connectivity index (χ0) is 15.0. The van der Waals surface area contributed by atoms with Crippen molar-refractivity contribution in [3.63, 3.8) is 0 Å². The van der Waals surface area contributed by atoms with Crippen molar-refractivity contribution >= 4 is 29.9 Å². The quantitative estimate of drug-likeness (QED) is 0.245. The van der Waals surface area contributed by atoms with Gasteiger partial charge in [0.2, 0.25) is 5.88 Å². The molecule has 1 rings (SSSR count). The van der Waals surface area contributed by atoms with Crippen molar-refractivity contribution in [1.29, 1.82) is 0 Å². The number of pyridine rings is 1. The Morgan fingerprint density at radius 2 is 2.19 bits per heavy atom. The highest BCUT2D eigenvalue weighted by molar-refractivity contribution is 14.0. The number of nitrogens with zero attached hydrogens (tertiary/aromatic N) is 2. The monoisotopic (exact) mass is 416 g/mol. The van der Waals surface area contributed by atoms with E-state index >= 15 is 0 Å². The fourth-order valence-corrected chi connectivity index (χ4v) is 1.18. The summed E-state index contributed by atoms with van der Waals surface area (Å²) in [5.41, 5.74) is 4.68. The minimum Gasteiger partial charge on any atom is -0.476 e. The Labute approximate surface area is 137 Å². The van der Waals surface area contributed by atoms with Gasteiger partial charge in [-0.1, -0.05) is 6.08 Å². The van der Waals surface area contributed by atoms with Gasteiger partial charge in [0.1, 0.15) is 6.61 Å². The number of ether oxygens (including phenoxy) is 1. The second-order valence-electron chi connectivity index (χ2n) is 3.67. The predicted octanol–water partition coefficient (Wildman–Crippen LogP) is 2.19. The van der Waals surface area contributed by atoms with Gasteiger partial charge in [-0.3, -0.25) is 0 Å². The Balaban J connectivity index is 0.00000400. The summed E-state index contributed by atoms with van der Waals surface area (Å²) in [6.45, 7) is 4.43. The molecule has 1 aromatic rings. The van der Waals surface area contributed by atoms with Gasteiger partial charge in [-0.15, -0.1) is 30.6 Å². The van der Waals surface area contributed by atoms with Crippen LogP contribution in [0.2, 0.25) is 0 Å². The molecule has 0 aromatic carbocycles. The van der Waals surface area contributed by atoms with E-state index in [1.54, 1.807) is 6.08 Å². The zero-order valence-corrected chi connectivity index (χ0v) is 13.4. The average molecular weight is 416 g/mol. The summed E-state index contributed by atoms with van der Waals surface area (Å²) >= 11 is 0. The second-order valence-corrected chi connectivity index (χ2v) is 3.67. The molecule has 0 atom stereocenters. The Kier molecular flexibility index (Phi) is 8.74. The molecular weight excluding hydrogens is 400 g/mol. The second kappa shape index (κ2) is 9.42. The van der Waals surface area contributed by atoms with Gasteiger partial charge in [0, 0.05) is 18.8 Å².